The van der Waals surface area contributed by atoms with Gasteiger partial charge in [0.25, 0.3) is 0 Å². The highest BCUT2D eigenvalue weighted by Gasteiger charge is 2.05. The third-order valence-electron chi connectivity index (χ3n) is 2.45. The molecular weight excluding hydrogens is 218 g/mol. The zero-order valence-electron chi connectivity index (χ0n) is 9.43. The Morgan fingerprint density at radius 3 is 3.06 bits per heavy atom. The molecule has 2 aromatic rings. The molecule has 0 unspecified atom stereocenters. The normalized spacial score (nSPS) is 10.2. The monoisotopic (exact) mass is 231 g/mol. The maximum absolute atomic E-state index is 11.1. The minimum Gasteiger partial charge on any atom is -0.468 e. The molecule has 0 aliphatic carbocycles. The summed E-state index contributed by atoms with van der Waals surface area (Å²) in [6.07, 6.45) is 1.65. The number of pyridine rings is 1. The number of carbonyl (C=O) groups excluding carboxylic acids is 1. The molecule has 1 aromatic heterocycles. The first-order valence-corrected chi connectivity index (χ1v) is 5.16. The predicted octanol–water partition coefficient (Wildman–Crippen LogP) is 1.40. The highest BCUT2D eigenvalue weighted by atomic mass is 16.5. The van der Waals surface area contributed by atoms with Crippen molar-refractivity contribution < 1.29 is 9.53 Å². The minimum atomic E-state index is -0.320. The molecule has 0 fully saturated rings. The number of ether oxygens (including phenoxy) is 1. The number of nitrogens with two attached hydrogens (primary N) is 1. The van der Waals surface area contributed by atoms with Gasteiger partial charge in [0.2, 0.25) is 0 Å². The van der Waals surface area contributed by atoms with Gasteiger partial charge in [-0.15, -0.1) is 0 Å². The quantitative estimate of drug-likeness (QED) is 0.616. The summed E-state index contributed by atoms with van der Waals surface area (Å²) in [5.41, 5.74) is 7.98. The van der Waals surface area contributed by atoms with Crippen molar-refractivity contribution in [3.8, 4) is 0 Å². The number of nitrogen functional groups attached to an aromatic ring is 1. The lowest BCUT2D eigenvalue weighted by Gasteiger charge is -2.09. The molecule has 3 N–H and O–H groups in total. The number of para-hydroxylation sites is 1. The first kappa shape index (κ1) is 11.2. The molecule has 2 rings (SSSR count). The predicted molar refractivity (Wildman–Crippen MR) is 66.7 cm³/mol. The van der Waals surface area contributed by atoms with Crippen LogP contribution >= 0.6 is 0 Å². The van der Waals surface area contributed by atoms with Crippen LogP contribution in [0.4, 0.5) is 11.4 Å². The summed E-state index contributed by atoms with van der Waals surface area (Å²) in [4.78, 5) is 15.3. The second-order valence-corrected chi connectivity index (χ2v) is 3.53. The Morgan fingerprint density at radius 2 is 2.29 bits per heavy atom. The first-order chi connectivity index (χ1) is 8.22. The van der Waals surface area contributed by atoms with E-state index in [9.17, 15) is 4.79 Å². The molecule has 1 heterocycles. The van der Waals surface area contributed by atoms with Crippen LogP contribution in [0.1, 0.15) is 0 Å². The lowest BCUT2D eigenvalue weighted by atomic mass is 10.1. The zero-order valence-corrected chi connectivity index (χ0v) is 9.43. The smallest absolute Gasteiger partial charge is 0.325 e. The van der Waals surface area contributed by atoms with E-state index in [0.717, 1.165) is 16.6 Å². The Bertz CT molecular complexity index is 554. The van der Waals surface area contributed by atoms with Crippen LogP contribution in [0, 0.1) is 0 Å². The van der Waals surface area contributed by atoms with Gasteiger partial charge in [-0.2, -0.15) is 0 Å². The lowest BCUT2D eigenvalue weighted by molar-refractivity contribution is -0.138. The molecule has 88 valence electrons. The van der Waals surface area contributed by atoms with Crippen molar-refractivity contribution >= 4 is 28.2 Å². The van der Waals surface area contributed by atoms with Crippen LogP contribution in [0.5, 0.6) is 0 Å². The average Bonchev–Trinajstić information content (AvgIpc) is 2.36. The number of rotatable bonds is 3. The van der Waals surface area contributed by atoms with E-state index in [1.165, 1.54) is 7.11 Å². The van der Waals surface area contributed by atoms with E-state index in [4.69, 9.17) is 5.73 Å². The first-order valence-electron chi connectivity index (χ1n) is 5.16. The number of carbonyl (C=O) groups is 1. The number of methoxy groups -OCH3 is 1. The molecule has 0 saturated carbocycles. The minimum absolute atomic E-state index is 0.115. The van der Waals surface area contributed by atoms with Crippen LogP contribution in [0.25, 0.3) is 10.9 Å². The van der Waals surface area contributed by atoms with Crippen LogP contribution in [-0.2, 0) is 9.53 Å². The molecule has 0 aliphatic heterocycles. The number of nitrogens with zero attached hydrogens (tertiary/aromatic N) is 1. The molecule has 0 saturated heterocycles. The average molecular weight is 231 g/mol. The number of fused-ring (bicyclic) bond motifs is 1. The second-order valence-electron chi connectivity index (χ2n) is 3.53. The number of benzene rings is 1. The lowest BCUT2D eigenvalue weighted by Crippen LogP contribution is -2.15. The fourth-order valence-corrected chi connectivity index (χ4v) is 1.59. The summed E-state index contributed by atoms with van der Waals surface area (Å²) < 4.78 is 4.57. The van der Waals surface area contributed by atoms with Crippen molar-refractivity contribution in [3.05, 3.63) is 30.5 Å². The van der Waals surface area contributed by atoms with Crippen molar-refractivity contribution in [2.75, 3.05) is 24.7 Å². The van der Waals surface area contributed by atoms with Gasteiger partial charge in [-0.25, -0.2) is 0 Å². The number of nitrogens with one attached hydrogen (secondary N) is 1. The van der Waals surface area contributed by atoms with Crippen molar-refractivity contribution in [3.63, 3.8) is 0 Å². The maximum atomic E-state index is 11.1. The Balaban J connectivity index is 2.34. The van der Waals surface area contributed by atoms with Crippen molar-refractivity contribution in [2.45, 2.75) is 0 Å². The van der Waals surface area contributed by atoms with Crippen molar-refractivity contribution in [1.82, 2.24) is 4.98 Å². The number of hydrogen-bond donors (Lipinski definition) is 2. The molecule has 0 spiro atoms. The fraction of sp³-hybridized carbons (Fsp3) is 0.167. The maximum Gasteiger partial charge on any atom is 0.325 e. The topological polar surface area (TPSA) is 77.2 Å². The summed E-state index contributed by atoms with van der Waals surface area (Å²) in [6.45, 7) is 0.115. The summed E-state index contributed by atoms with van der Waals surface area (Å²) in [7, 11) is 1.35. The molecule has 1 aromatic carbocycles. The summed E-state index contributed by atoms with van der Waals surface area (Å²) in [5.74, 6) is -0.320. The zero-order chi connectivity index (χ0) is 12.3. The molecule has 17 heavy (non-hydrogen) atoms. The molecule has 5 heteroatoms. The van der Waals surface area contributed by atoms with E-state index < -0.39 is 0 Å². The Hall–Kier alpha value is -2.30. The third kappa shape index (κ3) is 2.28. The molecular formula is C12H13N3O2. The van der Waals surface area contributed by atoms with E-state index >= 15 is 0 Å². The number of esters is 1. The molecule has 0 atom stereocenters. The molecule has 0 bridgehead atoms. The summed E-state index contributed by atoms with van der Waals surface area (Å²) >= 11 is 0. The van der Waals surface area contributed by atoms with Gasteiger partial charge >= 0.3 is 5.97 Å². The third-order valence-corrected chi connectivity index (χ3v) is 2.45. The van der Waals surface area contributed by atoms with Crippen LogP contribution in [-0.4, -0.2) is 24.6 Å². The Labute approximate surface area is 98.6 Å². The van der Waals surface area contributed by atoms with Gasteiger partial charge in [0.1, 0.15) is 6.54 Å². The SMILES string of the molecule is COC(=O)CNc1ccnc2c(N)cccc12. The Morgan fingerprint density at radius 1 is 1.47 bits per heavy atom. The van der Waals surface area contributed by atoms with E-state index in [0.29, 0.717) is 5.69 Å². The van der Waals surface area contributed by atoms with Gasteiger partial charge in [-0.05, 0) is 12.1 Å². The van der Waals surface area contributed by atoms with Gasteiger partial charge in [0.05, 0.1) is 18.3 Å². The van der Waals surface area contributed by atoms with Crippen molar-refractivity contribution in [2.24, 2.45) is 0 Å². The standard InChI is InChI=1S/C12H13N3O2/c1-17-11(16)7-15-10-5-6-14-12-8(10)3-2-4-9(12)13/h2-6H,7,13H2,1H3,(H,14,15). The van der Waals surface area contributed by atoms with Crippen LogP contribution in [0.15, 0.2) is 30.5 Å². The Kier molecular flexibility index (Phi) is 3.09. The fourth-order valence-electron chi connectivity index (χ4n) is 1.59. The second kappa shape index (κ2) is 4.69. The van der Waals surface area contributed by atoms with Crippen molar-refractivity contribution in [1.29, 1.82) is 0 Å². The largest absolute Gasteiger partial charge is 0.468 e. The highest BCUT2D eigenvalue weighted by molar-refractivity contribution is 5.98. The van der Waals surface area contributed by atoms with Gasteiger partial charge < -0.3 is 15.8 Å². The summed E-state index contributed by atoms with van der Waals surface area (Å²) in [6, 6.07) is 7.34. The van der Waals surface area contributed by atoms with Crippen LogP contribution < -0.4 is 11.1 Å². The van der Waals surface area contributed by atoms with E-state index in [1.54, 1.807) is 18.3 Å². The molecule has 0 aliphatic rings. The van der Waals surface area contributed by atoms with Gasteiger partial charge in [0.15, 0.2) is 0 Å². The van der Waals surface area contributed by atoms with Gasteiger partial charge in [0, 0.05) is 17.3 Å². The van der Waals surface area contributed by atoms with Crippen LogP contribution in [0.2, 0.25) is 0 Å². The number of anilines is 2. The van der Waals surface area contributed by atoms with Gasteiger partial charge in [-0.1, -0.05) is 12.1 Å². The molecule has 5 nitrogen and oxygen atoms in total. The number of aromatic nitrogens is 1. The van der Waals surface area contributed by atoms with Crippen LogP contribution in [0.3, 0.4) is 0 Å². The number of hydrogen-bond acceptors (Lipinski definition) is 5. The summed E-state index contributed by atoms with van der Waals surface area (Å²) in [5, 5.41) is 3.88. The highest BCUT2D eigenvalue weighted by Crippen LogP contribution is 2.25. The van der Waals surface area contributed by atoms with Gasteiger partial charge in [-0.3, -0.25) is 9.78 Å². The van der Waals surface area contributed by atoms with E-state index in [1.807, 2.05) is 12.1 Å². The molecule has 0 amide bonds. The van der Waals surface area contributed by atoms with E-state index in [2.05, 4.69) is 15.0 Å². The molecule has 0 radical (unpaired) electrons. The van der Waals surface area contributed by atoms with E-state index in [-0.39, 0.29) is 12.5 Å².